The number of rotatable bonds is 15. The zero-order valence-electron chi connectivity index (χ0n) is 15.0. The molecule has 1 rings (SSSR count). The molecule has 136 valence electrons. The van der Waals surface area contributed by atoms with Crippen molar-refractivity contribution in [3.8, 4) is 0 Å². The van der Waals surface area contributed by atoms with Crippen LogP contribution < -0.4 is 0 Å². The summed E-state index contributed by atoms with van der Waals surface area (Å²) in [5, 5.41) is 18.9. The molecule has 0 saturated carbocycles. The number of aliphatic hydroxyl groups excluding tert-OH is 1. The number of carbonyl (C=O) groups is 1. The van der Waals surface area contributed by atoms with E-state index in [1.54, 1.807) is 6.92 Å². The third-order valence-electron chi connectivity index (χ3n) is 4.90. The van der Waals surface area contributed by atoms with Crippen LogP contribution in [0.15, 0.2) is 0 Å². The average molecular weight is 328 g/mol. The molecule has 2 N–H and O–H groups in total. The van der Waals surface area contributed by atoms with Crippen LogP contribution in [0.3, 0.4) is 0 Å². The topological polar surface area (TPSA) is 70.1 Å². The van der Waals surface area contributed by atoms with E-state index < -0.39 is 5.97 Å². The summed E-state index contributed by atoms with van der Waals surface area (Å²) in [4.78, 5) is 10.7. The van der Waals surface area contributed by atoms with Gasteiger partial charge in [-0.05, 0) is 19.3 Å². The first-order valence-electron chi connectivity index (χ1n) is 9.62. The Bertz CT molecular complexity index is 318. The van der Waals surface area contributed by atoms with Gasteiger partial charge in [0, 0.05) is 0 Å². The number of ether oxygens (including phenoxy) is 1. The second-order valence-electron chi connectivity index (χ2n) is 7.14. The Morgan fingerprint density at radius 1 is 1.00 bits per heavy atom. The Balaban J connectivity index is 1.91. The fourth-order valence-electron chi connectivity index (χ4n) is 3.12. The Kier molecular flexibility index (Phi) is 10.5. The maximum absolute atomic E-state index is 10.7. The van der Waals surface area contributed by atoms with E-state index >= 15 is 0 Å². The van der Waals surface area contributed by atoms with Gasteiger partial charge in [-0.25, -0.2) is 0 Å². The van der Waals surface area contributed by atoms with Gasteiger partial charge in [0.1, 0.15) is 6.10 Å². The van der Waals surface area contributed by atoms with E-state index in [2.05, 4.69) is 6.92 Å². The van der Waals surface area contributed by atoms with Gasteiger partial charge in [-0.3, -0.25) is 4.79 Å². The maximum atomic E-state index is 10.7. The van der Waals surface area contributed by atoms with E-state index in [9.17, 15) is 9.90 Å². The second kappa shape index (κ2) is 11.9. The summed E-state index contributed by atoms with van der Waals surface area (Å²) in [6.07, 6.45) is 13.2. The quantitative estimate of drug-likeness (QED) is 0.342. The van der Waals surface area contributed by atoms with Crippen molar-refractivity contribution in [3.63, 3.8) is 0 Å². The highest BCUT2D eigenvalue weighted by Crippen LogP contribution is 2.32. The molecular weight excluding hydrogens is 292 g/mol. The van der Waals surface area contributed by atoms with Crippen molar-refractivity contribution in [1.82, 2.24) is 0 Å². The van der Waals surface area contributed by atoms with Crippen LogP contribution in [0.2, 0.25) is 0 Å². The van der Waals surface area contributed by atoms with Crippen molar-refractivity contribution in [2.75, 3.05) is 0 Å². The van der Waals surface area contributed by atoms with Crippen LogP contribution in [-0.2, 0) is 9.53 Å². The van der Waals surface area contributed by atoms with E-state index in [0.717, 1.165) is 44.9 Å². The second-order valence-corrected chi connectivity index (χ2v) is 7.14. The summed E-state index contributed by atoms with van der Waals surface area (Å²) < 4.78 is 5.61. The molecule has 1 saturated heterocycles. The highest BCUT2D eigenvalue weighted by Gasteiger charge is 2.42. The van der Waals surface area contributed by atoms with Crippen LogP contribution in [0.1, 0.15) is 90.9 Å². The molecule has 23 heavy (non-hydrogen) atoms. The van der Waals surface area contributed by atoms with Crippen LogP contribution >= 0.6 is 0 Å². The molecule has 0 aliphatic carbocycles. The lowest BCUT2D eigenvalue weighted by atomic mass is 10.00. The number of carboxylic acids is 1. The van der Waals surface area contributed by atoms with E-state index in [0.29, 0.717) is 6.10 Å². The highest BCUT2D eigenvalue weighted by molar-refractivity contribution is 5.69. The number of hydrogen-bond donors (Lipinski definition) is 2. The first-order valence-corrected chi connectivity index (χ1v) is 9.62. The first-order chi connectivity index (χ1) is 11.1. The molecule has 4 unspecified atom stereocenters. The van der Waals surface area contributed by atoms with E-state index in [-0.39, 0.29) is 18.1 Å². The van der Waals surface area contributed by atoms with E-state index in [1.807, 2.05) is 0 Å². The summed E-state index contributed by atoms with van der Waals surface area (Å²) in [7, 11) is 0. The third-order valence-corrected chi connectivity index (χ3v) is 4.90. The molecule has 0 aromatic carbocycles. The van der Waals surface area contributed by atoms with Crippen molar-refractivity contribution in [3.05, 3.63) is 0 Å². The van der Waals surface area contributed by atoms with Gasteiger partial charge in [-0.15, -0.1) is 0 Å². The van der Waals surface area contributed by atoms with Crippen LogP contribution in [0.25, 0.3) is 0 Å². The highest BCUT2D eigenvalue weighted by atomic mass is 16.6. The molecule has 0 aromatic heterocycles. The zero-order valence-corrected chi connectivity index (χ0v) is 15.0. The van der Waals surface area contributed by atoms with Gasteiger partial charge in [0.15, 0.2) is 0 Å². The average Bonchev–Trinajstić information content (AvgIpc) is 3.29. The van der Waals surface area contributed by atoms with Crippen LogP contribution in [0.5, 0.6) is 0 Å². The number of unbranched alkanes of at least 4 members (excludes halogenated alkanes) is 7. The summed E-state index contributed by atoms with van der Waals surface area (Å²) in [5.74, 6) is -0.939. The van der Waals surface area contributed by atoms with Crippen LogP contribution in [-0.4, -0.2) is 34.5 Å². The Hall–Kier alpha value is -0.610. The summed E-state index contributed by atoms with van der Waals surface area (Å²) >= 11 is 0. The molecule has 0 bridgehead atoms. The van der Waals surface area contributed by atoms with Crippen molar-refractivity contribution in [2.45, 2.75) is 109 Å². The van der Waals surface area contributed by atoms with Gasteiger partial charge in [-0.2, -0.15) is 0 Å². The first kappa shape index (κ1) is 20.4. The molecular formula is C19H36O4. The smallest absolute Gasteiger partial charge is 0.306 e. The van der Waals surface area contributed by atoms with Crippen LogP contribution in [0.4, 0.5) is 0 Å². The van der Waals surface area contributed by atoms with Gasteiger partial charge in [0.25, 0.3) is 0 Å². The number of aliphatic hydroxyl groups is 1. The lowest BCUT2D eigenvalue weighted by Crippen LogP contribution is -2.16. The molecule has 1 aliphatic rings. The van der Waals surface area contributed by atoms with Gasteiger partial charge in [0.2, 0.25) is 0 Å². The van der Waals surface area contributed by atoms with Gasteiger partial charge in [0.05, 0.1) is 18.1 Å². The van der Waals surface area contributed by atoms with E-state index in [4.69, 9.17) is 9.84 Å². The minimum atomic E-state index is -0.702. The predicted octanol–water partition coefficient (Wildman–Crippen LogP) is 4.54. The minimum absolute atomic E-state index is 0.0770. The van der Waals surface area contributed by atoms with Gasteiger partial charge in [-0.1, -0.05) is 71.6 Å². The van der Waals surface area contributed by atoms with Gasteiger partial charge >= 0.3 is 5.97 Å². The molecule has 4 heteroatoms. The maximum Gasteiger partial charge on any atom is 0.306 e. The summed E-state index contributed by atoms with van der Waals surface area (Å²) in [6.45, 7) is 3.99. The van der Waals surface area contributed by atoms with E-state index in [1.165, 1.54) is 32.1 Å². The lowest BCUT2D eigenvalue weighted by Gasteiger charge is -2.08. The molecule has 1 heterocycles. The predicted molar refractivity (Wildman–Crippen MR) is 92.5 cm³/mol. The monoisotopic (exact) mass is 328 g/mol. The SMILES string of the molecule is CCCCCCCC1OC1C(O)CCCCCCC(C)C(=O)O. The summed E-state index contributed by atoms with van der Waals surface area (Å²) in [6, 6.07) is 0. The fourth-order valence-corrected chi connectivity index (χ4v) is 3.12. The fraction of sp³-hybridized carbons (Fsp3) is 0.947. The molecule has 0 radical (unpaired) electrons. The number of aliphatic carboxylic acids is 1. The normalized spacial score (nSPS) is 22.7. The van der Waals surface area contributed by atoms with Gasteiger partial charge < -0.3 is 14.9 Å². The summed E-state index contributed by atoms with van der Waals surface area (Å²) in [5.41, 5.74) is 0. The number of hydrogen-bond acceptors (Lipinski definition) is 3. The minimum Gasteiger partial charge on any atom is -0.481 e. The van der Waals surface area contributed by atoms with Crippen molar-refractivity contribution in [1.29, 1.82) is 0 Å². The van der Waals surface area contributed by atoms with Crippen molar-refractivity contribution < 1.29 is 19.7 Å². The molecule has 0 aromatic rings. The molecule has 4 nitrogen and oxygen atoms in total. The van der Waals surface area contributed by atoms with Crippen molar-refractivity contribution >= 4 is 5.97 Å². The Morgan fingerprint density at radius 2 is 1.61 bits per heavy atom. The molecule has 0 spiro atoms. The molecule has 4 atom stereocenters. The molecule has 0 amide bonds. The number of carboxylic acid groups (broad SMARTS) is 1. The lowest BCUT2D eigenvalue weighted by molar-refractivity contribution is -0.141. The number of epoxide rings is 1. The Labute approximate surface area is 141 Å². The zero-order chi connectivity index (χ0) is 17.1. The standard InChI is InChI=1S/C19H36O4/c1-3-4-5-6-11-14-17-18(23-17)16(20)13-10-8-7-9-12-15(2)19(21)22/h15-18,20H,3-14H2,1-2H3,(H,21,22). The Morgan fingerprint density at radius 3 is 2.26 bits per heavy atom. The molecule has 1 fully saturated rings. The largest absolute Gasteiger partial charge is 0.481 e. The third kappa shape index (κ3) is 9.31. The molecule has 1 aliphatic heterocycles. The van der Waals surface area contributed by atoms with Crippen molar-refractivity contribution in [2.24, 2.45) is 5.92 Å². The van der Waals surface area contributed by atoms with Crippen LogP contribution in [0, 0.1) is 5.92 Å².